The van der Waals surface area contributed by atoms with E-state index in [4.69, 9.17) is 5.11 Å². The van der Waals surface area contributed by atoms with Crippen LogP contribution < -0.4 is 5.32 Å². The maximum Gasteiger partial charge on any atom is 0.311 e. The van der Waals surface area contributed by atoms with Crippen LogP contribution >= 0.6 is 15.9 Å². The van der Waals surface area contributed by atoms with Gasteiger partial charge < -0.3 is 10.4 Å². The van der Waals surface area contributed by atoms with Gasteiger partial charge in [0.15, 0.2) is 0 Å². The van der Waals surface area contributed by atoms with E-state index in [1.54, 1.807) is 0 Å². The number of benzene rings is 1. The van der Waals surface area contributed by atoms with Crippen molar-refractivity contribution in [3.05, 3.63) is 34.1 Å². The Hall–Kier alpha value is -1.43. The molecule has 0 radical (unpaired) electrons. The molecule has 0 atom stereocenters. The van der Waals surface area contributed by atoms with Crippen molar-refractivity contribution in [1.29, 1.82) is 0 Å². The largest absolute Gasteiger partial charge is 0.481 e. The lowest BCUT2D eigenvalue weighted by atomic mass is 10.1. The molecule has 1 aromatic rings. The molecule has 0 heterocycles. The van der Waals surface area contributed by atoms with Crippen LogP contribution in [-0.4, -0.2) is 23.5 Å². The molecule has 0 unspecified atom stereocenters. The molecular formula is C12H11BrFNO3. The second kappa shape index (κ2) is 4.68. The van der Waals surface area contributed by atoms with Crippen molar-refractivity contribution in [1.82, 2.24) is 5.32 Å². The summed E-state index contributed by atoms with van der Waals surface area (Å²) in [6.07, 6.45) is 1.16. The summed E-state index contributed by atoms with van der Waals surface area (Å²) in [5.41, 5.74) is -0.503. The fourth-order valence-corrected chi connectivity index (χ4v) is 1.98. The van der Waals surface area contributed by atoms with Gasteiger partial charge in [0.25, 0.3) is 5.91 Å². The van der Waals surface area contributed by atoms with Gasteiger partial charge in [-0.1, -0.05) is 0 Å². The molecular weight excluding hydrogens is 305 g/mol. The highest BCUT2D eigenvalue weighted by Gasteiger charge is 2.50. The first-order chi connectivity index (χ1) is 8.44. The number of carbonyl (C=O) groups excluding carboxylic acids is 1. The normalized spacial score (nSPS) is 16.1. The third-order valence-corrected chi connectivity index (χ3v) is 3.68. The van der Waals surface area contributed by atoms with Gasteiger partial charge in [-0.05, 0) is 47.0 Å². The highest BCUT2D eigenvalue weighted by atomic mass is 79.9. The SMILES string of the molecule is O=C(NCC1(C(=O)O)CC1)c1ccc(F)c(Br)c1. The van der Waals surface area contributed by atoms with Crippen molar-refractivity contribution in [2.24, 2.45) is 5.41 Å². The van der Waals surface area contributed by atoms with Crippen LogP contribution in [0.1, 0.15) is 23.2 Å². The van der Waals surface area contributed by atoms with Crippen LogP contribution in [0.2, 0.25) is 0 Å². The second-order valence-corrected chi connectivity index (χ2v) is 5.25. The minimum absolute atomic E-state index is 0.107. The number of halogens is 2. The number of carboxylic acids is 1. The number of carboxylic acid groups (broad SMARTS) is 1. The van der Waals surface area contributed by atoms with E-state index in [0.717, 1.165) is 0 Å². The Morgan fingerprint density at radius 1 is 1.44 bits per heavy atom. The van der Waals surface area contributed by atoms with Gasteiger partial charge in [-0.2, -0.15) is 0 Å². The first-order valence-electron chi connectivity index (χ1n) is 5.41. The molecule has 0 aliphatic heterocycles. The highest BCUT2D eigenvalue weighted by Crippen LogP contribution is 2.45. The summed E-state index contributed by atoms with van der Waals surface area (Å²) in [6, 6.07) is 3.91. The Kier molecular flexibility index (Phi) is 3.38. The molecule has 0 bridgehead atoms. The Morgan fingerprint density at radius 2 is 2.11 bits per heavy atom. The van der Waals surface area contributed by atoms with E-state index in [1.807, 2.05) is 0 Å². The van der Waals surface area contributed by atoms with Crippen LogP contribution in [0.5, 0.6) is 0 Å². The summed E-state index contributed by atoms with van der Waals surface area (Å²) in [7, 11) is 0. The molecule has 1 aliphatic carbocycles. The zero-order valence-electron chi connectivity index (χ0n) is 9.37. The minimum atomic E-state index is -0.886. The van der Waals surface area contributed by atoms with Gasteiger partial charge in [0.1, 0.15) is 5.82 Å². The molecule has 1 fully saturated rings. The third kappa shape index (κ3) is 2.53. The number of hydrogen-bond acceptors (Lipinski definition) is 2. The van der Waals surface area contributed by atoms with Crippen molar-refractivity contribution < 1.29 is 19.1 Å². The van der Waals surface area contributed by atoms with E-state index in [1.165, 1.54) is 18.2 Å². The molecule has 1 saturated carbocycles. The number of carbonyl (C=O) groups is 2. The number of rotatable bonds is 4. The molecule has 18 heavy (non-hydrogen) atoms. The van der Waals surface area contributed by atoms with E-state index in [0.29, 0.717) is 18.4 Å². The average Bonchev–Trinajstić information content (AvgIpc) is 3.11. The van der Waals surface area contributed by atoms with Crippen molar-refractivity contribution in [2.45, 2.75) is 12.8 Å². The van der Waals surface area contributed by atoms with Crippen LogP contribution in [0.15, 0.2) is 22.7 Å². The summed E-state index contributed by atoms with van der Waals surface area (Å²) in [4.78, 5) is 22.7. The lowest BCUT2D eigenvalue weighted by Crippen LogP contribution is -2.34. The van der Waals surface area contributed by atoms with Crippen LogP contribution in [0.3, 0.4) is 0 Å². The van der Waals surface area contributed by atoms with Crippen LogP contribution in [0, 0.1) is 11.2 Å². The van der Waals surface area contributed by atoms with Crippen LogP contribution in [0.4, 0.5) is 4.39 Å². The number of aliphatic carboxylic acids is 1. The zero-order chi connectivity index (χ0) is 13.3. The smallest absolute Gasteiger partial charge is 0.311 e. The molecule has 1 aliphatic rings. The Balaban J connectivity index is 2.00. The van der Waals surface area contributed by atoms with E-state index < -0.39 is 23.1 Å². The van der Waals surface area contributed by atoms with Crippen molar-refractivity contribution in [3.8, 4) is 0 Å². The van der Waals surface area contributed by atoms with Crippen LogP contribution in [-0.2, 0) is 4.79 Å². The Morgan fingerprint density at radius 3 is 2.61 bits per heavy atom. The first-order valence-corrected chi connectivity index (χ1v) is 6.21. The summed E-state index contributed by atoms with van der Waals surface area (Å²) >= 11 is 2.99. The van der Waals surface area contributed by atoms with E-state index in [2.05, 4.69) is 21.2 Å². The lowest BCUT2D eigenvalue weighted by molar-refractivity contribution is -0.143. The Labute approximate surface area is 111 Å². The fourth-order valence-electron chi connectivity index (χ4n) is 1.61. The standard InChI is InChI=1S/C12H11BrFNO3/c13-8-5-7(1-2-9(8)14)10(16)15-6-12(3-4-12)11(17)18/h1-2,5H,3-4,6H2,(H,15,16)(H,17,18). The van der Waals surface area contributed by atoms with Gasteiger partial charge in [-0.3, -0.25) is 9.59 Å². The van der Waals surface area contributed by atoms with Crippen molar-refractivity contribution in [2.75, 3.05) is 6.54 Å². The summed E-state index contributed by atoms with van der Waals surface area (Å²) in [6.45, 7) is 0.107. The molecule has 4 nitrogen and oxygen atoms in total. The zero-order valence-corrected chi connectivity index (χ0v) is 11.0. The molecule has 1 aromatic carbocycles. The molecule has 0 aromatic heterocycles. The molecule has 6 heteroatoms. The van der Waals surface area contributed by atoms with Gasteiger partial charge in [0, 0.05) is 12.1 Å². The number of amides is 1. The van der Waals surface area contributed by atoms with Gasteiger partial charge >= 0.3 is 5.97 Å². The van der Waals surface area contributed by atoms with E-state index >= 15 is 0 Å². The quantitative estimate of drug-likeness (QED) is 0.895. The summed E-state index contributed by atoms with van der Waals surface area (Å²) in [5.74, 6) is -1.73. The topological polar surface area (TPSA) is 66.4 Å². The monoisotopic (exact) mass is 315 g/mol. The molecule has 2 N–H and O–H groups in total. The van der Waals surface area contributed by atoms with E-state index in [9.17, 15) is 14.0 Å². The fraction of sp³-hybridized carbons (Fsp3) is 0.333. The van der Waals surface area contributed by atoms with Gasteiger partial charge in [-0.15, -0.1) is 0 Å². The van der Waals surface area contributed by atoms with Gasteiger partial charge in [0.05, 0.1) is 9.89 Å². The van der Waals surface area contributed by atoms with Crippen molar-refractivity contribution in [3.63, 3.8) is 0 Å². The summed E-state index contributed by atoms with van der Waals surface area (Å²) < 4.78 is 13.2. The van der Waals surface area contributed by atoms with Crippen molar-refractivity contribution >= 4 is 27.8 Å². The predicted molar refractivity (Wildman–Crippen MR) is 65.7 cm³/mol. The number of hydrogen-bond donors (Lipinski definition) is 2. The predicted octanol–water partition coefficient (Wildman–Crippen LogP) is 2.18. The first kappa shape index (κ1) is 13.0. The minimum Gasteiger partial charge on any atom is -0.481 e. The average molecular weight is 316 g/mol. The van der Waals surface area contributed by atoms with Gasteiger partial charge in [-0.25, -0.2) is 4.39 Å². The molecule has 96 valence electrons. The number of nitrogens with one attached hydrogen (secondary N) is 1. The summed E-state index contributed by atoms with van der Waals surface area (Å²) in [5, 5.41) is 11.5. The Bertz CT molecular complexity index is 514. The lowest BCUT2D eigenvalue weighted by Gasteiger charge is -2.11. The second-order valence-electron chi connectivity index (χ2n) is 4.40. The molecule has 2 rings (SSSR count). The third-order valence-electron chi connectivity index (χ3n) is 3.08. The molecule has 0 spiro atoms. The molecule has 0 saturated heterocycles. The maximum absolute atomic E-state index is 13.0. The van der Waals surface area contributed by atoms with Crippen LogP contribution in [0.25, 0.3) is 0 Å². The molecule has 1 amide bonds. The van der Waals surface area contributed by atoms with Gasteiger partial charge in [0.2, 0.25) is 0 Å². The maximum atomic E-state index is 13.0. The highest BCUT2D eigenvalue weighted by molar-refractivity contribution is 9.10. The van der Waals surface area contributed by atoms with E-state index in [-0.39, 0.29) is 11.0 Å².